The van der Waals surface area contributed by atoms with Crippen molar-refractivity contribution < 1.29 is 18.7 Å². The number of hydrogen-bond donors (Lipinski definition) is 1. The highest BCUT2D eigenvalue weighted by Crippen LogP contribution is 2.10. The Kier molecular flexibility index (Phi) is 5.71. The molecule has 1 aliphatic heterocycles. The van der Waals surface area contributed by atoms with Gasteiger partial charge in [0.05, 0.1) is 13.1 Å². The summed E-state index contributed by atoms with van der Waals surface area (Å²) in [5, 5.41) is 2.68. The first-order chi connectivity index (χ1) is 10.5. The topological polar surface area (TPSA) is 61.9 Å². The highest BCUT2D eigenvalue weighted by molar-refractivity contribution is 5.86. The maximum absolute atomic E-state index is 12.8. The van der Waals surface area contributed by atoms with Crippen molar-refractivity contribution >= 4 is 11.8 Å². The first-order valence-corrected chi connectivity index (χ1v) is 7.16. The molecule has 0 bridgehead atoms. The van der Waals surface area contributed by atoms with Gasteiger partial charge >= 0.3 is 0 Å². The quantitative estimate of drug-likeness (QED) is 0.809. The predicted molar refractivity (Wildman–Crippen MR) is 79.0 cm³/mol. The molecule has 2 rings (SSSR count). The summed E-state index contributed by atoms with van der Waals surface area (Å²) in [6.07, 6.45) is 0. The van der Waals surface area contributed by atoms with Crippen molar-refractivity contribution in [3.8, 4) is 5.75 Å². The lowest BCUT2D eigenvalue weighted by Gasteiger charge is -2.28. The highest BCUT2D eigenvalue weighted by Gasteiger charge is 2.21. The molecule has 2 amide bonds. The van der Waals surface area contributed by atoms with Gasteiger partial charge < -0.3 is 15.0 Å². The Morgan fingerprint density at radius 2 is 2.14 bits per heavy atom. The van der Waals surface area contributed by atoms with Crippen LogP contribution in [0.2, 0.25) is 0 Å². The van der Waals surface area contributed by atoms with Crippen molar-refractivity contribution in [1.29, 1.82) is 0 Å². The number of halogens is 1. The van der Waals surface area contributed by atoms with Gasteiger partial charge in [-0.15, -0.1) is 0 Å². The van der Waals surface area contributed by atoms with Crippen LogP contribution in [0.15, 0.2) is 24.3 Å². The zero-order chi connectivity index (χ0) is 15.9. The molecule has 6 nitrogen and oxygen atoms in total. The molecular formula is C15H20FN3O3. The second-order valence-electron chi connectivity index (χ2n) is 5.21. The Bertz CT molecular complexity index is 521. The third kappa shape index (κ3) is 5.00. The Hall–Kier alpha value is -2.15. The van der Waals surface area contributed by atoms with Crippen molar-refractivity contribution in [3.05, 3.63) is 30.1 Å². The number of carbonyl (C=O) groups is 2. The smallest absolute Gasteiger partial charge is 0.239 e. The van der Waals surface area contributed by atoms with Crippen molar-refractivity contribution in [2.75, 3.05) is 46.4 Å². The number of ether oxygens (including phenoxy) is 1. The fraction of sp³-hybridized carbons (Fsp3) is 0.467. The summed E-state index contributed by atoms with van der Waals surface area (Å²) >= 11 is 0. The van der Waals surface area contributed by atoms with Crippen LogP contribution in [0, 0.1) is 5.82 Å². The summed E-state index contributed by atoms with van der Waals surface area (Å²) in [5.41, 5.74) is 0. The molecule has 1 aromatic carbocycles. The normalized spacial score (nSPS) is 14.9. The van der Waals surface area contributed by atoms with Gasteiger partial charge in [0.15, 0.2) is 0 Å². The molecule has 22 heavy (non-hydrogen) atoms. The van der Waals surface area contributed by atoms with Crippen molar-refractivity contribution in [2.24, 2.45) is 0 Å². The number of rotatable bonds is 6. The van der Waals surface area contributed by atoms with Crippen LogP contribution in [0.1, 0.15) is 0 Å². The van der Waals surface area contributed by atoms with E-state index < -0.39 is 0 Å². The van der Waals surface area contributed by atoms with Crippen LogP contribution in [0.5, 0.6) is 5.75 Å². The van der Waals surface area contributed by atoms with Crippen molar-refractivity contribution in [2.45, 2.75) is 0 Å². The standard InChI is InChI=1S/C15H20FN3O3/c1-18(8-9-22-13-4-2-12(16)3-5-13)11-15(21)19-7-6-17-14(20)10-19/h2-5H,6-11H2,1H3,(H,17,20). The average molecular weight is 309 g/mol. The average Bonchev–Trinajstić information content (AvgIpc) is 2.49. The minimum atomic E-state index is -0.305. The number of benzene rings is 1. The Labute approximate surface area is 128 Å². The zero-order valence-corrected chi connectivity index (χ0v) is 12.5. The maximum atomic E-state index is 12.8. The number of piperazine rings is 1. The first kappa shape index (κ1) is 16.2. The summed E-state index contributed by atoms with van der Waals surface area (Å²) in [6.45, 7) is 2.37. The lowest BCUT2D eigenvalue weighted by molar-refractivity contribution is -0.138. The molecule has 1 aliphatic rings. The lowest BCUT2D eigenvalue weighted by atomic mass is 10.3. The van der Waals surface area contributed by atoms with E-state index in [1.165, 1.54) is 12.1 Å². The van der Waals surface area contributed by atoms with Crippen molar-refractivity contribution in [1.82, 2.24) is 15.1 Å². The highest BCUT2D eigenvalue weighted by atomic mass is 19.1. The molecule has 1 fully saturated rings. The van der Waals surface area contributed by atoms with Gasteiger partial charge in [0.25, 0.3) is 0 Å². The predicted octanol–water partition coefficient (Wildman–Crippen LogP) is 0.0947. The summed E-state index contributed by atoms with van der Waals surface area (Å²) in [5.74, 6) is 0.0930. The van der Waals surface area contributed by atoms with E-state index in [1.54, 1.807) is 17.0 Å². The van der Waals surface area contributed by atoms with Crippen LogP contribution < -0.4 is 10.1 Å². The van der Waals surface area contributed by atoms with E-state index >= 15 is 0 Å². The summed E-state index contributed by atoms with van der Waals surface area (Å²) in [4.78, 5) is 26.7. The van der Waals surface area contributed by atoms with E-state index in [0.717, 1.165) is 0 Å². The largest absolute Gasteiger partial charge is 0.492 e. The Morgan fingerprint density at radius 1 is 1.41 bits per heavy atom. The summed E-state index contributed by atoms with van der Waals surface area (Å²) in [7, 11) is 1.82. The van der Waals surface area contributed by atoms with E-state index in [4.69, 9.17) is 4.74 Å². The van der Waals surface area contributed by atoms with Crippen LogP contribution in [-0.4, -0.2) is 68.0 Å². The number of amides is 2. The number of nitrogens with one attached hydrogen (secondary N) is 1. The lowest BCUT2D eigenvalue weighted by Crippen LogP contribution is -2.52. The van der Waals surface area contributed by atoms with Gasteiger partial charge in [-0.3, -0.25) is 14.5 Å². The molecule has 1 heterocycles. The number of carbonyl (C=O) groups excluding carboxylic acids is 2. The number of nitrogens with zero attached hydrogens (tertiary/aromatic N) is 2. The van der Waals surface area contributed by atoms with E-state index in [9.17, 15) is 14.0 Å². The fourth-order valence-electron chi connectivity index (χ4n) is 2.11. The van der Waals surface area contributed by atoms with E-state index in [0.29, 0.717) is 32.0 Å². The monoisotopic (exact) mass is 309 g/mol. The molecule has 0 atom stereocenters. The first-order valence-electron chi connectivity index (χ1n) is 7.16. The SMILES string of the molecule is CN(CCOc1ccc(F)cc1)CC(=O)N1CCNC(=O)C1. The van der Waals surface area contributed by atoms with Crippen LogP contribution in [0.3, 0.4) is 0 Å². The van der Waals surface area contributed by atoms with E-state index in [2.05, 4.69) is 5.32 Å². The van der Waals surface area contributed by atoms with Crippen LogP contribution in [0.4, 0.5) is 4.39 Å². The molecule has 0 unspecified atom stereocenters. The minimum absolute atomic E-state index is 0.0702. The molecule has 7 heteroatoms. The minimum Gasteiger partial charge on any atom is -0.492 e. The Balaban J connectivity index is 1.68. The molecule has 0 spiro atoms. The molecular weight excluding hydrogens is 289 g/mol. The Morgan fingerprint density at radius 3 is 2.82 bits per heavy atom. The van der Waals surface area contributed by atoms with Crippen molar-refractivity contribution in [3.63, 3.8) is 0 Å². The van der Waals surface area contributed by atoms with E-state index in [-0.39, 0.29) is 30.7 Å². The second kappa shape index (κ2) is 7.74. The molecule has 120 valence electrons. The molecule has 0 saturated carbocycles. The van der Waals surface area contributed by atoms with Gasteiger partial charge in [-0.2, -0.15) is 0 Å². The third-order valence-corrected chi connectivity index (χ3v) is 3.35. The summed E-state index contributed by atoms with van der Waals surface area (Å²) in [6, 6.07) is 5.80. The molecule has 0 aliphatic carbocycles. The molecule has 1 saturated heterocycles. The van der Waals surface area contributed by atoms with Gasteiger partial charge in [0, 0.05) is 19.6 Å². The van der Waals surface area contributed by atoms with Gasteiger partial charge in [0.2, 0.25) is 11.8 Å². The fourth-order valence-corrected chi connectivity index (χ4v) is 2.11. The zero-order valence-electron chi connectivity index (χ0n) is 12.5. The maximum Gasteiger partial charge on any atom is 0.239 e. The molecule has 0 radical (unpaired) electrons. The second-order valence-corrected chi connectivity index (χ2v) is 5.21. The van der Waals surface area contributed by atoms with Crippen LogP contribution in [0.25, 0.3) is 0 Å². The van der Waals surface area contributed by atoms with Gasteiger partial charge in [-0.25, -0.2) is 4.39 Å². The van der Waals surface area contributed by atoms with Crippen LogP contribution >= 0.6 is 0 Å². The molecule has 1 N–H and O–H groups in total. The molecule has 1 aromatic rings. The number of hydrogen-bond acceptors (Lipinski definition) is 4. The van der Waals surface area contributed by atoms with Gasteiger partial charge in [0.1, 0.15) is 18.2 Å². The van der Waals surface area contributed by atoms with E-state index in [1.807, 2.05) is 11.9 Å². The number of likely N-dealkylation sites (N-methyl/N-ethyl adjacent to an activating group) is 1. The third-order valence-electron chi connectivity index (χ3n) is 3.35. The van der Waals surface area contributed by atoms with Gasteiger partial charge in [-0.05, 0) is 31.3 Å². The summed E-state index contributed by atoms with van der Waals surface area (Å²) < 4.78 is 18.2. The van der Waals surface area contributed by atoms with Gasteiger partial charge in [-0.1, -0.05) is 0 Å². The molecule has 0 aromatic heterocycles. The van der Waals surface area contributed by atoms with Crippen LogP contribution in [-0.2, 0) is 9.59 Å².